The number of hydrogen-bond donors (Lipinski definition) is 2. The highest BCUT2D eigenvalue weighted by Crippen LogP contribution is 2.37. The number of rotatable bonds is 5. The second kappa shape index (κ2) is 8.47. The van der Waals surface area contributed by atoms with Crippen LogP contribution in [-0.4, -0.2) is 54.2 Å². The Bertz CT molecular complexity index is 1150. The summed E-state index contributed by atoms with van der Waals surface area (Å²) in [5, 5.41) is 4.45. The molecule has 2 atom stereocenters. The molecule has 33 heavy (non-hydrogen) atoms. The minimum atomic E-state index is -0.554. The number of amides is 2. The monoisotopic (exact) mass is 450 g/mol. The number of fused-ring (bicyclic) bond motifs is 2. The van der Waals surface area contributed by atoms with Gasteiger partial charge in [-0.05, 0) is 36.2 Å². The van der Waals surface area contributed by atoms with Crippen LogP contribution in [-0.2, 0) is 14.3 Å². The third-order valence-corrected chi connectivity index (χ3v) is 5.79. The van der Waals surface area contributed by atoms with Gasteiger partial charge in [0.2, 0.25) is 12.7 Å². The first-order valence-corrected chi connectivity index (χ1v) is 10.4. The van der Waals surface area contributed by atoms with Crippen LogP contribution in [0.3, 0.4) is 0 Å². The van der Waals surface area contributed by atoms with Crippen molar-refractivity contribution < 1.29 is 28.6 Å². The van der Waals surface area contributed by atoms with E-state index in [9.17, 15) is 14.4 Å². The highest BCUT2D eigenvalue weighted by atomic mass is 16.7. The van der Waals surface area contributed by atoms with Gasteiger partial charge in [-0.1, -0.05) is 18.2 Å². The summed E-state index contributed by atoms with van der Waals surface area (Å²) in [5.74, 6) is 0.228. The number of hydrogen-bond acceptors (Lipinski definition) is 8. The highest BCUT2D eigenvalue weighted by Gasteiger charge is 2.40. The van der Waals surface area contributed by atoms with E-state index in [2.05, 4.69) is 10.7 Å². The number of nitrogens with one attached hydrogen (secondary N) is 2. The fourth-order valence-electron chi connectivity index (χ4n) is 4.14. The number of nitrogens with zero attached hydrogens (tertiary/aromatic N) is 2. The molecule has 0 saturated carbocycles. The standard InChI is InChI=1S/C23H22N4O6/c1-31-23(30)15-4-2-3-5-16(15)24-21(28)12-26-8-9-27-18(22(26)29)11-17(25-27)14-6-7-19-20(10-14)33-13-32-19/h2-10,17-18,25H,11-13H2,1H3,(H,24,28). The SMILES string of the molecule is COC(=O)c1ccccc1NC(=O)CN1C=CN2NC(c3ccc4c(c3)OCO4)CC2C1=O. The van der Waals surface area contributed by atoms with Crippen molar-refractivity contribution in [3.63, 3.8) is 0 Å². The van der Waals surface area contributed by atoms with Crippen LogP contribution in [0.4, 0.5) is 5.69 Å². The molecule has 0 bridgehead atoms. The molecule has 2 aromatic rings. The Hall–Kier alpha value is -4.05. The number of carbonyl (C=O) groups is 3. The predicted octanol–water partition coefficient (Wildman–Crippen LogP) is 1.77. The van der Waals surface area contributed by atoms with Crippen LogP contribution in [0.2, 0.25) is 0 Å². The zero-order valence-corrected chi connectivity index (χ0v) is 17.8. The third kappa shape index (κ3) is 3.96. The van der Waals surface area contributed by atoms with E-state index >= 15 is 0 Å². The smallest absolute Gasteiger partial charge is 0.339 e. The third-order valence-electron chi connectivity index (χ3n) is 5.79. The maximum Gasteiger partial charge on any atom is 0.339 e. The molecule has 10 nitrogen and oxygen atoms in total. The zero-order valence-electron chi connectivity index (χ0n) is 17.8. The van der Waals surface area contributed by atoms with Gasteiger partial charge in [0.25, 0.3) is 5.91 Å². The summed E-state index contributed by atoms with van der Waals surface area (Å²) in [6.07, 6.45) is 3.85. The van der Waals surface area contributed by atoms with Crippen molar-refractivity contribution in [2.24, 2.45) is 0 Å². The quantitative estimate of drug-likeness (QED) is 0.664. The van der Waals surface area contributed by atoms with Crippen molar-refractivity contribution in [2.45, 2.75) is 18.5 Å². The van der Waals surface area contributed by atoms with Crippen molar-refractivity contribution >= 4 is 23.5 Å². The van der Waals surface area contributed by atoms with Crippen LogP contribution in [0.1, 0.15) is 28.4 Å². The average Bonchev–Trinajstić information content (AvgIpc) is 3.47. The van der Waals surface area contributed by atoms with Crippen LogP contribution in [0.5, 0.6) is 11.5 Å². The van der Waals surface area contributed by atoms with E-state index in [1.807, 2.05) is 18.2 Å². The Kier molecular flexibility index (Phi) is 5.35. The molecule has 2 aromatic carbocycles. The Morgan fingerprint density at radius 1 is 1.15 bits per heavy atom. The van der Waals surface area contributed by atoms with E-state index in [-0.39, 0.29) is 30.9 Å². The molecule has 0 spiro atoms. The highest BCUT2D eigenvalue weighted by molar-refractivity contribution is 6.02. The van der Waals surface area contributed by atoms with Gasteiger partial charge in [0, 0.05) is 12.4 Å². The minimum Gasteiger partial charge on any atom is -0.465 e. The lowest BCUT2D eigenvalue weighted by atomic mass is 10.0. The van der Waals surface area contributed by atoms with E-state index in [0.29, 0.717) is 23.6 Å². The van der Waals surface area contributed by atoms with Crippen molar-refractivity contribution in [2.75, 3.05) is 25.8 Å². The van der Waals surface area contributed by atoms with Gasteiger partial charge < -0.3 is 29.4 Å². The van der Waals surface area contributed by atoms with E-state index in [1.54, 1.807) is 41.7 Å². The van der Waals surface area contributed by atoms with Gasteiger partial charge >= 0.3 is 5.97 Å². The fraction of sp³-hybridized carbons (Fsp3) is 0.261. The summed E-state index contributed by atoms with van der Waals surface area (Å²) < 4.78 is 15.6. The number of carbonyl (C=O) groups excluding carboxylic acids is 3. The Balaban J connectivity index is 1.24. The number of benzene rings is 2. The van der Waals surface area contributed by atoms with Crippen molar-refractivity contribution in [1.82, 2.24) is 15.3 Å². The largest absolute Gasteiger partial charge is 0.465 e. The number of methoxy groups -OCH3 is 1. The number of hydrazine groups is 1. The molecule has 3 aliphatic rings. The zero-order chi connectivity index (χ0) is 22.9. The lowest BCUT2D eigenvalue weighted by Crippen LogP contribution is -2.49. The van der Waals surface area contributed by atoms with Crippen molar-refractivity contribution in [3.8, 4) is 11.5 Å². The molecule has 3 heterocycles. The normalized spacial score (nSPS) is 20.6. The Morgan fingerprint density at radius 2 is 1.97 bits per heavy atom. The number of para-hydroxylation sites is 1. The molecule has 3 aliphatic heterocycles. The molecule has 0 aromatic heterocycles. The molecule has 2 unspecified atom stereocenters. The van der Waals surface area contributed by atoms with Gasteiger partial charge in [-0.25, -0.2) is 10.2 Å². The van der Waals surface area contributed by atoms with Crippen LogP contribution >= 0.6 is 0 Å². The second-order valence-corrected chi connectivity index (χ2v) is 7.80. The molecule has 1 saturated heterocycles. The van der Waals surface area contributed by atoms with Gasteiger partial charge in [-0.15, -0.1) is 0 Å². The summed E-state index contributed by atoms with van der Waals surface area (Å²) >= 11 is 0. The molecule has 10 heteroatoms. The molecule has 0 radical (unpaired) electrons. The first kappa shape index (κ1) is 20.8. The number of ether oxygens (including phenoxy) is 3. The van der Waals surface area contributed by atoms with Gasteiger partial charge in [0.05, 0.1) is 24.4 Å². The van der Waals surface area contributed by atoms with Gasteiger partial charge in [0.1, 0.15) is 12.6 Å². The maximum absolute atomic E-state index is 13.1. The molecule has 2 amide bonds. The van der Waals surface area contributed by atoms with Gasteiger partial charge in [-0.2, -0.15) is 0 Å². The molecule has 0 aliphatic carbocycles. The van der Waals surface area contributed by atoms with Crippen molar-refractivity contribution in [3.05, 3.63) is 66.0 Å². The lowest BCUT2D eigenvalue weighted by molar-refractivity contribution is -0.137. The second-order valence-electron chi connectivity index (χ2n) is 7.80. The molecular weight excluding hydrogens is 428 g/mol. The van der Waals surface area contributed by atoms with Crippen LogP contribution in [0.25, 0.3) is 0 Å². The Morgan fingerprint density at radius 3 is 2.82 bits per heavy atom. The van der Waals surface area contributed by atoms with Crippen LogP contribution < -0.4 is 20.2 Å². The summed E-state index contributed by atoms with van der Waals surface area (Å²) in [6.45, 7) is 0.0256. The molecule has 2 N–H and O–H groups in total. The van der Waals surface area contributed by atoms with E-state index in [4.69, 9.17) is 14.2 Å². The Labute approximate surface area is 189 Å². The first-order valence-electron chi connectivity index (χ1n) is 10.4. The minimum absolute atomic E-state index is 0.0844. The lowest BCUT2D eigenvalue weighted by Gasteiger charge is -2.31. The number of anilines is 1. The summed E-state index contributed by atoms with van der Waals surface area (Å²) in [4.78, 5) is 39.0. The van der Waals surface area contributed by atoms with Crippen LogP contribution in [0.15, 0.2) is 54.9 Å². The van der Waals surface area contributed by atoms with Crippen LogP contribution in [0, 0.1) is 0 Å². The fourth-order valence-corrected chi connectivity index (χ4v) is 4.14. The molecule has 1 fully saturated rings. The number of esters is 1. The van der Waals surface area contributed by atoms with E-state index in [0.717, 1.165) is 5.56 Å². The molecule has 5 rings (SSSR count). The van der Waals surface area contributed by atoms with Crippen molar-refractivity contribution in [1.29, 1.82) is 0 Å². The van der Waals surface area contributed by atoms with E-state index < -0.39 is 17.9 Å². The maximum atomic E-state index is 13.1. The van der Waals surface area contributed by atoms with Gasteiger partial charge in [-0.3, -0.25) is 9.59 Å². The predicted molar refractivity (Wildman–Crippen MR) is 116 cm³/mol. The first-order chi connectivity index (χ1) is 16.0. The summed E-state index contributed by atoms with van der Waals surface area (Å²) in [5.41, 5.74) is 4.88. The molecule has 170 valence electrons. The molecular formula is C23H22N4O6. The average molecular weight is 450 g/mol. The summed E-state index contributed by atoms with van der Waals surface area (Å²) in [7, 11) is 1.27. The van der Waals surface area contributed by atoms with Gasteiger partial charge in [0.15, 0.2) is 11.5 Å². The van der Waals surface area contributed by atoms with E-state index in [1.165, 1.54) is 12.0 Å². The topological polar surface area (TPSA) is 109 Å². The summed E-state index contributed by atoms with van der Waals surface area (Å²) in [6, 6.07) is 11.7.